The Bertz CT molecular complexity index is 644. The molecule has 2 aromatic rings. The van der Waals surface area contributed by atoms with Crippen LogP contribution in [0.5, 0.6) is 11.5 Å². The zero-order chi connectivity index (χ0) is 15.6. The van der Waals surface area contributed by atoms with Gasteiger partial charge in [-0.25, -0.2) is 4.39 Å². The zero-order valence-corrected chi connectivity index (χ0v) is 13.6. The highest BCUT2D eigenvalue weighted by molar-refractivity contribution is 6.17. The lowest BCUT2D eigenvalue weighted by Crippen LogP contribution is -2.12. The fraction of sp³-hybridized carbons (Fsp3) is 0.333. The first-order chi connectivity index (χ1) is 9.79. The van der Waals surface area contributed by atoms with E-state index in [4.69, 9.17) is 16.3 Å². The van der Waals surface area contributed by atoms with E-state index in [-0.39, 0.29) is 17.1 Å². The number of hydrogen-bond donors (Lipinski definition) is 0. The molecular weight excluding hydrogens is 287 g/mol. The molecule has 21 heavy (non-hydrogen) atoms. The molecule has 3 heteroatoms. The van der Waals surface area contributed by atoms with Gasteiger partial charge in [-0.15, -0.1) is 11.6 Å². The summed E-state index contributed by atoms with van der Waals surface area (Å²) in [6, 6.07) is 10.6. The van der Waals surface area contributed by atoms with Gasteiger partial charge in [-0.1, -0.05) is 38.5 Å². The summed E-state index contributed by atoms with van der Waals surface area (Å²) in [7, 11) is 0. The minimum absolute atomic E-state index is 0.0516. The number of aryl methyl sites for hydroxylation is 1. The highest BCUT2D eigenvalue weighted by Crippen LogP contribution is 2.35. The topological polar surface area (TPSA) is 9.23 Å². The van der Waals surface area contributed by atoms with E-state index in [1.807, 2.05) is 19.1 Å². The molecule has 112 valence electrons. The molecule has 0 amide bonds. The largest absolute Gasteiger partial charge is 0.457 e. The Morgan fingerprint density at radius 3 is 2.43 bits per heavy atom. The first kappa shape index (κ1) is 15.8. The molecule has 2 aromatic carbocycles. The molecule has 0 N–H and O–H groups in total. The van der Waals surface area contributed by atoms with E-state index >= 15 is 0 Å². The van der Waals surface area contributed by atoms with E-state index in [1.165, 1.54) is 17.7 Å². The summed E-state index contributed by atoms with van der Waals surface area (Å²) in [4.78, 5) is 0. The zero-order valence-electron chi connectivity index (χ0n) is 12.8. The van der Waals surface area contributed by atoms with E-state index in [1.54, 1.807) is 6.07 Å². The Balaban J connectivity index is 2.42. The summed E-state index contributed by atoms with van der Waals surface area (Å²) in [5.41, 5.74) is 2.92. The minimum Gasteiger partial charge on any atom is -0.457 e. The molecular formula is C18H20ClFO. The van der Waals surface area contributed by atoms with Gasteiger partial charge in [0, 0.05) is 17.5 Å². The molecule has 0 aliphatic rings. The molecule has 0 atom stereocenters. The molecule has 0 bridgehead atoms. The lowest BCUT2D eigenvalue weighted by atomic mass is 9.85. The maximum absolute atomic E-state index is 13.6. The molecule has 0 aliphatic heterocycles. The van der Waals surface area contributed by atoms with Crippen molar-refractivity contribution in [1.29, 1.82) is 0 Å². The van der Waals surface area contributed by atoms with Gasteiger partial charge >= 0.3 is 0 Å². The lowest BCUT2D eigenvalue weighted by Gasteiger charge is -2.23. The summed E-state index contributed by atoms with van der Waals surface area (Å²) in [6.45, 7) is 8.44. The average molecular weight is 307 g/mol. The number of ether oxygens (including phenoxy) is 1. The number of halogens is 2. The van der Waals surface area contributed by atoms with E-state index in [0.717, 1.165) is 11.3 Å². The van der Waals surface area contributed by atoms with Crippen LogP contribution in [0.1, 0.15) is 37.5 Å². The second-order valence-electron chi connectivity index (χ2n) is 6.28. The van der Waals surface area contributed by atoms with Crippen LogP contribution in [0.3, 0.4) is 0 Å². The molecule has 2 rings (SSSR count). The summed E-state index contributed by atoms with van der Waals surface area (Å²) >= 11 is 5.78. The third kappa shape index (κ3) is 3.98. The Labute approximate surface area is 130 Å². The quantitative estimate of drug-likeness (QED) is 0.635. The van der Waals surface area contributed by atoms with Crippen LogP contribution >= 0.6 is 11.6 Å². The maximum atomic E-state index is 13.6. The number of alkyl halides is 1. The third-order valence-corrected chi connectivity index (χ3v) is 3.56. The van der Waals surface area contributed by atoms with Gasteiger partial charge in [0.15, 0.2) is 0 Å². The SMILES string of the molecule is Cc1ccc(Oc2cc(F)cc(CCl)c2)c(C(C)(C)C)c1. The van der Waals surface area contributed by atoms with Crippen LogP contribution in [0.25, 0.3) is 0 Å². The maximum Gasteiger partial charge on any atom is 0.131 e. The van der Waals surface area contributed by atoms with Crippen molar-refractivity contribution in [1.82, 2.24) is 0 Å². The summed E-state index contributed by atoms with van der Waals surface area (Å²) in [5, 5.41) is 0. The van der Waals surface area contributed by atoms with Crippen LogP contribution in [-0.4, -0.2) is 0 Å². The fourth-order valence-corrected chi connectivity index (χ4v) is 2.36. The van der Waals surface area contributed by atoms with E-state index in [0.29, 0.717) is 11.3 Å². The van der Waals surface area contributed by atoms with Crippen LogP contribution < -0.4 is 4.74 Å². The van der Waals surface area contributed by atoms with Crippen molar-refractivity contribution in [2.45, 2.75) is 39.0 Å². The highest BCUT2D eigenvalue weighted by atomic mass is 35.5. The molecule has 1 nitrogen and oxygen atoms in total. The molecule has 0 radical (unpaired) electrons. The molecule has 0 aliphatic carbocycles. The van der Waals surface area contributed by atoms with Gasteiger partial charge in [-0.05, 0) is 36.1 Å². The van der Waals surface area contributed by atoms with E-state index in [9.17, 15) is 4.39 Å². The summed E-state index contributed by atoms with van der Waals surface area (Å²) in [6.07, 6.45) is 0. The summed E-state index contributed by atoms with van der Waals surface area (Å²) in [5.74, 6) is 1.14. The smallest absolute Gasteiger partial charge is 0.131 e. The first-order valence-corrected chi connectivity index (χ1v) is 7.47. The van der Waals surface area contributed by atoms with Gasteiger partial charge in [0.1, 0.15) is 17.3 Å². The minimum atomic E-state index is -0.340. The Hall–Kier alpha value is -1.54. The second-order valence-corrected chi connectivity index (χ2v) is 6.55. The Kier molecular flexibility index (Phi) is 4.58. The number of benzene rings is 2. The predicted octanol–water partition coefficient (Wildman–Crippen LogP) is 5.96. The fourth-order valence-electron chi connectivity index (χ4n) is 2.20. The molecule has 0 fully saturated rings. The van der Waals surface area contributed by atoms with E-state index in [2.05, 4.69) is 26.8 Å². The molecule has 0 unspecified atom stereocenters. The van der Waals surface area contributed by atoms with Gasteiger partial charge in [0.2, 0.25) is 0 Å². The van der Waals surface area contributed by atoms with Crippen LogP contribution in [0.4, 0.5) is 4.39 Å². The standard InChI is InChI=1S/C18H20ClFO/c1-12-5-6-17(16(7-12)18(2,3)4)21-15-9-13(11-19)8-14(20)10-15/h5-10H,11H2,1-4H3. The van der Waals surface area contributed by atoms with Crippen molar-refractivity contribution in [3.8, 4) is 11.5 Å². The van der Waals surface area contributed by atoms with Gasteiger partial charge in [0.25, 0.3) is 0 Å². The highest BCUT2D eigenvalue weighted by Gasteiger charge is 2.19. The second kappa shape index (κ2) is 6.07. The van der Waals surface area contributed by atoms with Gasteiger partial charge in [-0.3, -0.25) is 0 Å². The lowest BCUT2D eigenvalue weighted by molar-refractivity contribution is 0.451. The normalized spacial score (nSPS) is 11.5. The van der Waals surface area contributed by atoms with Crippen molar-refractivity contribution in [2.24, 2.45) is 0 Å². The van der Waals surface area contributed by atoms with Crippen LogP contribution in [0, 0.1) is 12.7 Å². The molecule has 0 spiro atoms. The van der Waals surface area contributed by atoms with Crippen molar-refractivity contribution < 1.29 is 9.13 Å². The molecule has 0 saturated heterocycles. The van der Waals surface area contributed by atoms with Crippen molar-refractivity contribution in [3.05, 3.63) is 58.9 Å². The van der Waals surface area contributed by atoms with E-state index < -0.39 is 0 Å². The Morgan fingerprint density at radius 1 is 1.10 bits per heavy atom. The average Bonchev–Trinajstić information content (AvgIpc) is 2.39. The molecule has 0 aromatic heterocycles. The number of hydrogen-bond acceptors (Lipinski definition) is 1. The number of rotatable bonds is 3. The van der Waals surface area contributed by atoms with Crippen LogP contribution in [-0.2, 0) is 11.3 Å². The van der Waals surface area contributed by atoms with Crippen LogP contribution in [0.15, 0.2) is 36.4 Å². The van der Waals surface area contributed by atoms with Gasteiger partial charge in [0.05, 0.1) is 0 Å². The van der Waals surface area contributed by atoms with Crippen LogP contribution in [0.2, 0.25) is 0 Å². The first-order valence-electron chi connectivity index (χ1n) is 6.94. The predicted molar refractivity (Wildman–Crippen MR) is 85.9 cm³/mol. The van der Waals surface area contributed by atoms with Gasteiger partial charge in [-0.2, -0.15) is 0 Å². The van der Waals surface area contributed by atoms with Crippen molar-refractivity contribution in [3.63, 3.8) is 0 Å². The third-order valence-electron chi connectivity index (χ3n) is 3.26. The Morgan fingerprint density at radius 2 is 1.81 bits per heavy atom. The summed E-state index contributed by atoms with van der Waals surface area (Å²) < 4.78 is 19.5. The van der Waals surface area contributed by atoms with Gasteiger partial charge < -0.3 is 4.74 Å². The van der Waals surface area contributed by atoms with Crippen molar-refractivity contribution >= 4 is 11.6 Å². The molecule has 0 saturated carbocycles. The van der Waals surface area contributed by atoms with Crippen molar-refractivity contribution in [2.75, 3.05) is 0 Å². The molecule has 0 heterocycles. The monoisotopic (exact) mass is 306 g/mol.